The molecule has 2 aliphatic heterocycles. The van der Waals surface area contributed by atoms with E-state index in [0.717, 1.165) is 56.3 Å². The normalized spacial score (nSPS) is 19.8. The van der Waals surface area contributed by atoms with Crippen LogP contribution in [0.3, 0.4) is 0 Å². The molecule has 0 aliphatic carbocycles. The number of halogens is 1. The summed E-state index contributed by atoms with van der Waals surface area (Å²) in [5.74, 6) is 1.52. The Morgan fingerprint density at radius 2 is 1.66 bits per heavy atom. The van der Waals surface area contributed by atoms with Crippen molar-refractivity contribution in [3.8, 4) is 5.75 Å². The number of para-hydroxylation sites is 1. The number of rotatable bonds is 4. The van der Waals surface area contributed by atoms with E-state index in [2.05, 4.69) is 70.1 Å². The Balaban J connectivity index is 1.29. The zero-order valence-electron chi connectivity index (χ0n) is 16.6. The summed E-state index contributed by atoms with van der Waals surface area (Å²) in [6.45, 7) is 4.18. The van der Waals surface area contributed by atoms with Gasteiger partial charge >= 0.3 is 0 Å². The monoisotopic (exact) mass is 406 g/mol. The standard InChI is InChI=1S/C25H27ClN2O/c26-24-11-10-22-25(29-23-9-5-4-8-21(23)18-28(22)24)20-13-16-27(17-14-20)15-12-19-6-2-1-3-7-19/h1-11,20,25H,12-18H2. The molecule has 1 aromatic heterocycles. The Hall–Kier alpha value is -2.23. The van der Waals surface area contributed by atoms with Crippen LogP contribution in [0, 0.1) is 5.92 Å². The predicted octanol–water partition coefficient (Wildman–Crippen LogP) is 5.58. The van der Waals surface area contributed by atoms with Crippen molar-refractivity contribution in [1.29, 1.82) is 0 Å². The van der Waals surface area contributed by atoms with Gasteiger partial charge in [0.25, 0.3) is 0 Å². The van der Waals surface area contributed by atoms with Gasteiger partial charge in [-0.15, -0.1) is 0 Å². The lowest BCUT2D eigenvalue weighted by Crippen LogP contribution is -2.38. The van der Waals surface area contributed by atoms with Crippen molar-refractivity contribution in [2.75, 3.05) is 19.6 Å². The van der Waals surface area contributed by atoms with E-state index in [1.165, 1.54) is 16.8 Å². The highest BCUT2D eigenvalue weighted by atomic mass is 35.5. The summed E-state index contributed by atoms with van der Waals surface area (Å²) in [5.41, 5.74) is 3.84. The van der Waals surface area contributed by atoms with E-state index in [1.807, 2.05) is 6.07 Å². The number of fused-ring (bicyclic) bond motifs is 2. The summed E-state index contributed by atoms with van der Waals surface area (Å²) in [4.78, 5) is 2.60. The van der Waals surface area contributed by atoms with Crippen LogP contribution in [-0.4, -0.2) is 29.1 Å². The molecule has 3 heterocycles. The molecular formula is C25H27ClN2O. The largest absolute Gasteiger partial charge is 0.484 e. The van der Waals surface area contributed by atoms with Crippen LogP contribution in [0.15, 0.2) is 66.7 Å². The second-order valence-corrected chi connectivity index (χ2v) is 8.62. The van der Waals surface area contributed by atoms with Crippen LogP contribution in [0.1, 0.15) is 35.8 Å². The Bertz CT molecular complexity index is 960. The van der Waals surface area contributed by atoms with Crippen LogP contribution >= 0.6 is 11.6 Å². The number of likely N-dealkylation sites (tertiary alicyclic amines) is 1. The number of hydrogen-bond donors (Lipinski definition) is 0. The molecular weight excluding hydrogens is 380 g/mol. The Morgan fingerprint density at radius 3 is 2.48 bits per heavy atom. The fourth-order valence-electron chi connectivity index (χ4n) is 4.74. The zero-order chi connectivity index (χ0) is 19.6. The third kappa shape index (κ3) is 3.94. The van der Waals surface area contributed by atoms with E-state index in [0.29, 0.717) is 5.92 Å². The van der Waals surface area contributed by atoms with Crippen molar-refractivity contribution in [3.63, 3.8) is 0 Å². The fourth-order valence-corrected chi connectivity index (χ4v) is 4.96. The first-order valence-corrected chi connectivity index (χ1v) is 11.0. The smallest absolute Gasteiger partial charge is 0.141 e. The van der Waals surface area contributed by atoms with Crippen molar-refractivity contribution in [1.82, 2.24) is 9.47 Å². The second kappa shape index (κ2) is 8.25. The molecule has 2 aliphatic rings. The van der Waals surface area contributed by atoms with Gasteiger partial charge in [0.15, 0.2) is 0 Å². The van der Waals surface area contributed by atoms with E-state index in [-0.39, 0.29) is 6.10 Å². The van der Waals surface area contributed by atoms with Gasteiger partial charge in [0.05, 0.1) is 12.2 Å². The molecule has 1 atom stereocenters. The quantitative estimate of drug-likeness (QED) is 0.562. The molecule has 4 heteroatoms. The van der Waals surface area contributed by atoms with Crippen molar-refractivity contribution >= 4 is 11.6 Å². The number of aromatic nitrogens is 1. The average Bonchev–Trinajstić information content (AvgIpc) is 3.03. The Morgan fingerprint density at radius 1 is 0.897 bits per heavy atom. The molecule has 2 aromatic carbocycles. The molecule has 3 nitrogen and oxygen atoms in total. The van der Waals surface area contributed by atoms with Gasteiger partial charge in [-0.1, -0.05) is 60.1 Å². The van der Waals surface area contributed by atoms with Crippen molar-refractivity contribution < 1.29 is 4.74 Å². The van der Waals surface area contributed by atoms with E-state index in [4.69, 9.17) is 16.3 Å². The minimum atomic E-state index is 0.0717. The highest BCUT2D eigenvalue weighted by Crippen LogP contribution is 2.40. The molecule has 150 valence electrons. The summed E-state index contributed by atoms with van der Waals surface area (Å²) in [5, 5.41) is 0.797. The van der Waals surface area contributed by atoms with Gasteiger partial charge in [-0.25, -0.2) is 0 Å². The third-order valence-corrected chi connectivity index (χ3v) is 6.76. The SMILES string of the molecule is Clc1ccc2n1Cc1ccccc1OC2C1CCN(CCc2ccccc2)CC1. The molecule has 0 spiro atoms. The lowest BCUT2D eigenvalue weighted by atomic mass is 9.89. The van der Waals surface area contributed by atoms with Crippen LogP contribution in [0.5, 0.6) is 5.75 Å². The molecule has 1 fully saturated rings. The lowest BCUT2D eigenvalue weighted by molar-refractivity contribution is 0.0745. The maximum absolute atomic E-state index is 6.60. The van der Waals surface area contributed by atoms with E-state index >= 15 is 0 Å². The summed E-state index contributed by atoms with van der Waals surface area (Å²) in [6, 6.07) is 23.3. The van der Waals surface area contributed by atoms with Gasteiger partial charge in [-0.05, 0) is 56.1 Å². The number of benzene rings is 2. The molecule has 29 heavy (non-hydrogen) atoms. The summed E-state index contributed by atoms with van der Waals surface area (Å²) < 4.78 is 8.82. The van der Waals surface area contributed by atoms with Gasteiger partial charge in [0.1, 0.15) is 17.0 Å². The zero-order valence-corrected chi connectivity index (χ0v) is 17.4. The van der Waals surface area contributed by atoms with Crippen LogP contribution in [0.4, 0.5) is 0 Å². The van der Waals surface area contributed by atoms with Crippen molar-refractivity contribution in [2.24, 2.45) is 5.92 Å². The summed E-state index contributed by atoms with van der Waals surface area (Å²) in [7, 11) is 0. The predicted molar refractivity (Wildman–Crippen MR) is 118 cm³/mol. The van der Waals surface area contributed by atoms with E-state index in [9.17, 15) is 0 Å². The molecule has 0 bridgehead atoms. The number of ether oxygens (including phenoxy) is 1. The average molecular weight is 407 g/mol. The van der Waals surface area contributed by atoms with Gasteiger partial charge in [0, 0.05) is 18.0 Å². The van der Waals surface area contributed by atoms with Crippen LogP contribution in [0.25, 0.3) is 0 Å². The lowest BCUT2D eigenvalue weighted by Gasteiger charge is -2.36. The Kier molecular flexibility index (Phi) is 5.34. The van der Waals surface area contributed by atoms with Gasteiger partial charge in [-0.3, -0.25) is 0 Å². The third-order valence-electron chi connectivity index (χ3n) is 6.43. The number of piperidine rings is 1. The molecule has 0 radical (unpaired) electrons. The minimum Gasteiger partial charge on any atom is -0.484 e. The molecule has 5 rings (SSSR count). The molecule has 0 N–H and O–H groups in total. The second-order valence-electron chi connectivity index (χ2n) is 8.23. The van der Waals surface area contributed by atoms with Crippen molar-refractivity contribution in [3.05, 3.63) is 88.7 Å². The van der Waals surface area contributed by atoms with E-state index < -0.39 is 0 Å². The van der Waals surface area contributed by atoms with Gasteiger partial charge in [0.2, 0.25) is 0 Å². The van der Waals surface area contributed by atoms with Gasteiger partial charge < -0.3 is 14.2 Å². The summed E-state index contributed by atoms with van der Waals surface area (Å²) in [6.07, 6.45) is 3.51. The Labute approximate surface area is 177 Å². The maximum atomic E-state index is 6.60. The highest BCUT2D eigenvalue weighted by molar-refractivity contribution is 6.29. The van der Waals surface area contributed by atoms with Gasteiger partial charge in [-0.2, -0.15) is 0 Å². The number of hydrogen-bond acceptors (Lipinski definition) is 2. The summed E-state index contributed by atoms with van der Waals surface area (Å²) >= 11 is 6.52. The highest BCUT2D eigenvalue weighted by Gasteiger charge is 2.33. The first-order valence-electron chi connectivity index (χ1n) is 10.6. The van der Waals surface area contributed by atoms with Crippen LogP contribution < -0.4 is 4.74 Å². The first kappa shape index (κ1) is 18.8. The topological polar surface area (TPSA) is 17.4 Å². The first-order chi connectivity index (χ1) is 14.3. The van der Waals surface area contributed by atoms with Crippen LogP contribution in [0.2, 0.25) is 5.15 Å². The van der Waals surface area contributed by atoms with Crippen LogP contribution in [-0.2, 0) is 13.0 Å². The molecule has 3 aromatic rings. The fraction of sp³-hybridized carbons (Fsp3) is 0.360. The molecule has 0 saturated carbocycles. The molecule has 1 unspecified atom stereocenters. The minimum absolute atomic E-state index is 0.0717. The van der Waals surface area contributed by atoms with E-state index in [1.54, 1.807) is 0 Å². The number of nitrogens with zero attached hydrogens (tertiary/aromatic N) is 2. The maximum Gasteiger partial charge on any atom is 0.141 e. The molecule has 0 amide bonds. The van der Waals surface area contributed by atoms with Crippen molar-refractivity contribution in [2.45, 2.75) is 31.9 Å². The molecule has 1 saturated heterocycles.